The van der Waals surface area contributed by atoms with E-state index < -0.39 is 23.8 Å². The van der Waals surface area contributed by atoms with Gasteiger partial charge in [-0.2, -0.15) is 0 Å². The van der Waals surface area contributed by atoms with Crippen molar-refractivity contribution in [2.45, 2.75) is 6.10 Å². The third kappa shape index (κ3) is 2.88. The molecule has 1 aromatic rings. The SMILES string of the molecule is COC(=O)C1CN(C(=O)c2ccc(N)cc2F)CCO1. The highest BCUT2D eigenvalue weighted by atomic mass is 19.1. The number of ether oxygens (including phenoxy) is 2. The zero-order valence-corrected chi connectivity index (χ0v) is 11.0. The smallest absolute Gasteiger partial charge is 0.336 e. The van der Waals surface area contributed by atoms with E-state index in [9.17, 15) is 14.0 Å². The van der Waals surface area contributed by atoms with Gasteiger partial charge < -0.3 is 20.1 Å². The van der Waals surface area contributed by atoms with Gasteiger partial charge in [-0.3, -0.25) is 4.79 Å². The van der Waals surface area contributed by atoms with E-state index in [1.54, 1.807) is 0 Å². The summed E-state index contributed by atoms with van der Waals surface area (Å²) in [5.74, 6) is -1.74. The topological polar surface area (TPSA) is 81.9 Å². The number of carbonyl (C=O) groups is 2. The molecular weight excluding hydrogens is 267 g/mol. The van der Waals surface area contributed by atoms with Crippen LogP contribution in [0.4, 0.5) is 10.1 Å². The molecule has 2 N–H and O–H groups in total. The number of esters is 1. The van der Waals surface area contributed by atoms with Gasteiger partial charge in [0.15, 0.2) is 6.10 Å². The van der Waals surface area contributed by atoms with Gasteiger partial charge in [0, 0.05) is 12.2 Å². The quantitative estimate of drug-likeness (QED) is 0.628. The van der Waals surface area contributed by atoms with Crippen LogP contribution >= 0.6 is 0 Å². The third-order valence-corrected chi connectivity index (χ3v) is 3.04. The lowest BCUT2D eigenvalue weighted by Crippen LogP contribution is -2.49. The van der Waals surface area contributed by atoms with E-state index in [1.807, 2.05) is 0 Å². The van der Waals surface area contributed by atoms with E-state index in [-0.39, 0.29) is 30.9 Å². The predicted molar refractivity (Wildman–Crippen MR) is 68.5 cm³/mol. The Labute approximate surface area is 115 Å². The minimum atomic E-state index is -0.838. The molecule has 0 spiro atoms. The first-order valence-corrected chi connectivity index (χ1v) is 6.06. The van der Waals surface area contributed by atoms with Crippen molar-refractivity contribution in [1.82, 2.24) is 4.90 Å². The van der Waals surface area contributed by atoms with Gasteiger partial charge >= 0.3 is 5.97 Å². The van der Waals surface area contributed by atoms with E-state index >= 15 is 0 Å². The first-order valence-electron chi connectivity index (χ1n) is 6.06. The van der Waals surface area contributed by atoms with Crippen LogP contribution in [0, 0.1) is 5.82 Å². The van der Waals surface area contributed by atoms with Gasteiger partial charge in [0.1, 0.15) is 5.82 Å². The van der Waals surface area contributed by atoms with Crippen LogP contribution in [0.1, 0.15) is 10.4 Å². The Bertz CT molecular complexity index is 535. The first-order chi connectivity index (χ1) is 9.52. The molecule has 2 rings (SSSR count). The molecule has 1 fully saturated rings. The molecule has 1 unspecified atom stereocenters. The van der Waals surface area contributed by atoms with Crippen molar-refractivity contribution in [1.29, 1.82) is 0 Å². The molecule has 1 aliphatic rings. The molecule has 0 saturated carbocycles. The molecular formula is C13H15FN2O4. The molecule has 108 valence electrons. The molecule has 0 bridgehead atoms. The Morgan fingerprint density at radius 2 is 2.25 bits per heavy atom. The number of benzene rings is 1. The summed E-state index contributed by atoms with van der Waals surface area (Å²) in [4.78, 5) is 25.0. The van der Waals surface area contributed by atoms with Crippen molar-refractivity contribution in [2.24, 2.45) is 0 Å². The maximum Gasteiger partial charge on any atom is 0.336 e. The van der Waals surface area contributed by atoms with Gasteiger partial charge in [0.25, 0.3) is 5.91 Å². The predicted octanol–water partition coefficient (Wildman–Crippen LogP) is 0.422. The molecule has 1 aliphatic heterocycles. The molecule has 0 aromatic heterocycles. The van der Waals surface area contributed by atoms with E-state index in [2.05, 4.69) is 4.74 Å². The molecule has 20 heavy (non-hydrogen) atoms. The normalized spacial score (nSPS) is 18.7. The van der Waals surface area contributed by atoms with Crippen LogP contribution in [0.25, 0.3) is 0 Å². The van der Waals surface area contributed by atoms with Gasteiger partial charge in [-0.15, -0.1) is 0 Å². The highest BCUT2D eigenvalue weighted by molar-refractivity contribution is 5.95. The molecule has 1 amide bonds. The molecule has 0 aliphatic carbocycles. The fraction of sp³-hybridized carbons (Fsp3) is 0.385. The number of hydrogen-bond acceptors (Lipinski definition) is 5. The second-order valence-electron chi connectivity index (χ2n) is 4.37. The number of amides is 1. The van der Waals surface area contributed by atoms with Crippen LogP contribution in [0.15, 0.2) is 18.2 Å². The third-order valence-electron chi connectivity index (χ3n) is 3.04. The minimum Gasteiger partial charge on any atom is -0.467 e. The summed E-state index contributed by atoms with van der Waals surface area (Å²) >= 11 is 0. The number of carbonyl (C=O) groups excluding carboxylic acids is 2. The van der Waals surface area contributed by atoms with Gasteiger partial charge in [-0.25, -0.2) is 9.18 Å². The maximum absolute atomic E-state index is 13.7. The van der Waals surface area contributed by atoms with Crippen molar-refractivity contribution in [3.63, 3.8) is 0 Å². The number of nitrogens with zero attached hydrogens (tertiary/aromatic N) is 1. The zero-order valence-electron chi connectivity index (χ0n) is 11.0. The van der Waals surface area contributed by atoms with E-state index in [0.717, 1.165) is 6.07 Å². The largest absolute Gasteiger partial charge is 0.467 e. The molecule has 0 radical (unpaired) electrons. The molecule has 1 saturated heterocycles. The average Bonchev–Trinajstić information content (AvgIpc) is 2.46. The highest BCUT2D eigenvalue weighted by Gasteiger charge is 2.31. The standard InChI is InChI=1S/C13H15FN2O4/c1-19-13(18)11-7-16(4-5-20-11)12(17)9-3-2-8(15)6-10(9)14/h2-3,6,11H,4-5,7,15H2,1H3. The van der Waals surface area contributed by atoms with Crippen molar-refractivity contribution in [3.8, 4) is 0 Å². The van der Waals surface area contributed by atoms with Crippen LogP contribution in [0.5, 0.6) is 0 Å². The number of rotatable bonds is 2. The lowest BCUT2D eigenvalue weighted by atomic mass is 10.1. The van der Waals surface area contributed by atoms with E-state index in [1.165, 1.54) is 24.1 Å². The van der Waals surface area contributed by atoms with Crippen molar-refractivity contribution >= 4 is 17.6 Å². The summed E-state index contributed by atoms with van der Waals surface area (Å²) in [5, 5.41) is 0. The molecule has 7 heteroatoms. The summed E-state index contributed by atoms with van der Waals surface area (Å²) in [6, 6.07) is 3.87. The van der Waals surface area contributed by atoms with Crippen molar-refractivity contribution in [2.75, 3.05) is 32.5 Å². The summed E-state index contributed by atoms with van der Waals surface area (Å²) in [6.07, 6.45) is -0.838. The second kappa shape index (κ2) is 5.87. The van der Waals surface area contributed by atoms with E-state index in [4.69, 9.17) is 10.5 Å². The molecule has 1 aromatic carbocycles. The summed E-state index contributed by atoms with van der Waals surface area (Å²) in [6.45, 7) is 0.521. The lowest BCUT2D eigenvalue weighted by Gasteiger charge is -2.31. The fourth-order valence-corrected chi connectivity index (χ4v) is 1.98. The van der Waals surface area contributed by atoms with Gasteiger partial charge in [-0.1, -0.05) is 0 Å². The van der Waals surface area contributed by atoms with Crippen molar-refractivity contribution in [3.05, 3.63) is 29.6 Å². The summed E-state index contributed by atoms with van der Waals surface area (Å²) in [7, 11) is 1.24. The number of methoxy groups -OCH3 is 1. The van der Waals surface area contributed by atoms with Gasteiger partial charge in [0.05, 0.1) is 25.8 Å². The Morgan fingerprint density at radius 1 is 1.50 bits per heavy atom. The average molecular weight is 282 g/mol. The van der Waals surface area contributed by atoms with Crippen molar-refractivity contribution < 1.29 is 23.5 Å². The highest BCUT2D eigenvalue weighted by Crippen LogP contribution is 2.16. The number of hydrogen-bond donors (Lipinski definition) is 1. The van der Waals surface area contributed by atoms with Crippen LogP contribution in [0.3, 0.4) is 0 Å². The second-order valence-corrected chi connectivity index (χ2v) is 4.37. The summed E-state index contributed by atoms with van der Waals surface area (Å²) in [5.41, 5.74) is 5.60. The van der Waals surface area contributed by atoms with Crippen LogP contribution in [-0.4, -0.2) is 49.7 Å². The van der Waals surface area contributed by atoms with Gasteiger partial charge in [0.2, 0.25) is 0 Å². The van der Waals surface area contributed by atoms with Crippen LogP contribution in [-0.2, 0) is 14.3 Å². The Hall–Kier alpha value is -2.15. The zero-order chi connectivity index (χ0) is 14.7. The number of nitrogens with two attached hydrogens (primary N) is 1. The molecule has 1 atom stereocenters. The Morgan fingerprint density at radius 3 is 2.90 bits per heavy atom. The first kappa shape index (κ1) is 14.3. The van der Waals surface area contributed by atoms with Gasteiger partial charge in [-0.05, 0) is 18.2 Å². The molecule has 6 nitrogen and oxygen atoms in total. The molecule has 1 heterocycles. The van der Waals surface area contributed by atoms with Crippen LogP contribution < -0.4 is 5.73 Å². The maximum atomic E-state index is 13.7. The number of anilines is 1. The number of nitrogen functional groups attached to an aromatic ring is 1. The number of morpholine rings is 1. The Kier molecular flexibility index (Phi) is 4.19. The number of halogens is 1. The lowest BCUT2D eigenvalue weighted by molar-refractivity contribution is -0.158. The van der Waals surface area contributed by atoms with E-state index in [0.29, 0.717) is 0 Å². The fourth-order valence-electron chi connectivity index (χ4n) is 1.98. The summed E-state index contributed by atoms with van der Waals surface area (Å²) < 4.78 is 23.5. The van der Waals surface area contributed by atoms with Crippen LogP contribution in [0.2, 0.25) is 0 Å². The monoisotopic (exact) mass is 282 g/mol. The minimum absolute atomic E-state index is 0.0370. The Balaban J connectivity index is 2.14.